The van der Waals surface area contributed by atoms with Gasteiger partial charge >= 0.3 is 6.18 Å². The SMILES string of the molecule is O=C(NCC[C@@H]1CCCN1)c1cccn1CC(F)(F)F. The van der Waals surface area contributed by atoms with E-state index < -0.39 is 18.6 Å². The molecule has 0 spiro atoms. The molecule has 4 nitrogen and oxygen atoms in total. The zero-order valence-electron chi connectivity index (χ0n) is 11.0. The molecule has 1 amide bonds. The number of amides is 1. The summed E-state index contributed by atoms with van der Waals surface area (Å²) in [6.45, 7) is 0.313. The zero-order valence-corrected chi connectivity index (χ0v) is 11.0. The van der Waals surface area contributed by atoms with Gasteiger partial charge in [0.15, 0.2) is 0 Å². The van der Waals surface area contributed by atoms with Crippen molar-refractivity contribution in [3.05, 3.63) is 24.0 Å². The van der Waals surface area contributed by atoms with Crippen molar-refractivity contribution in [1.82, 2.24) is 15.2 Å². The van der Waals surface area contributed by atoms with Crippen LogP contribution in [0.25, 0.3) is 0 Å². The molecule has 1 fully saturated rings. The van der Waals surface area contributed by atoms with Gasteiger partial charge < -0.3 is 15.2 Å². The maximum atomic E-state index is 12.4. The molecule has 0 bridgehead atoms. The number of hydrogen-bond donors (Lipinski definition) is 2. The molecule has 2 N–H and O–H groups in total. The van der Waals surface area contributed by atoms with Crippen molar-refractivity contribution < 1.29 is 18.0 Å². The molecule has 1 aromatic rings. The highest BCUT2D eigenvalue weighted by atomic mass is 19.4. The maximum Gasteiger partial charge on any atom is 0.406 e. The van der Waals surface area contributed by atoms with Gasteiger partial charge in [0.05, 0.1) is 0 Å². The van der Waals surface area contributed by atoms with Gasteiger partial charge in [-0.15, -0.1) is 0 Å². The highest BCUT2D eigenvalue weighted by molar-refractivity contribution is 5.92. The van der Waals surface area contributed by atoms with Crippen LogP contribution in [0.15, 0.2) is 18.3 Å². The Kier molecular flexibility index (Phi) is 4.69. The molecule has 112 valence electrons. The first kappa shape index (κ1) is 14.9. The average Bonchev–Trinajstić information content (AvgIpc) is 2.98. The van der Waals surface area contributed by atoms with E-state index in [0.29, 0.717) is 12.6 Å². The van der Waals surface area contributed by atoms with E-state index in [9.17, 15) is 18.0 Å². The van der Waals surface area contributed by atoms with E-state index in [4.69, 9.17) is 0 Å². The van der Waals surface area contributed by atoms with E-state index in [2.05, 4.69) is 10.6 Å². The van der Waals surface area contributed by atoms with Crippen molar-refractivity contribution in [2.75, 3.05) is 13.1 Å². The van der Waals surface area contributed by atoms with Crippen LogP contribution in [0.5, 0.6) is 0 Å². The Morgan fingerprint density at radius 1 is 1.50 bits per heavy atom. The monoisotopic (exact) mass is 289 g/mol. The Morgan fingerprint density at radius 3 is 2.95 bits per heavy atom. The van der Waals surface area contributed by atoms with Gasteiger partial charge in [-0.3, -0.25) is 4.79 Å². The van der Waals surface area contributed by atoms with Gasteiger partial charge in [0.25, 0.3) is 5.91 Å². The lowest BCUT2D eigenvalue weighted by Gasteiger charge is -2.13. The Balaban J connectivity index is 1.84. The minimum absolute atomic E-state index is 0.0432. The second-order valence-corrected chi connectivity index (χ2v) is 4.97. The largest absolute Gasteiger partial charge is 0.406 e. The summed E-state index contributed by atoms with van der Waals surface area (Å²) in [7, 11) is 0. The molecule has 7 heteroatoms. The number of aromatic nitrogens is 1. The predicted molar refractivity (Wildman–Crippen MR) is 68.5 cm³/mol. The number of nitrogens with zero attached hydrogens (tertiary/aromatic N) is 1. The molecule has 0 unspecified atom stereocenters. The van der Waals surface area contributed by atoms with Crippen LogP contribution in [0, 0.1) is 0 Å². The van der Waals surface area contributed by atoms with Gasteiger partial charge in [-0.1, -0.05) is 0 Å². The summed E-state index contributed by atoms with van der Waals surface area (Å²) >= 11 is 0. The number of alkyl halides is 3. The Hall–Kier alpha value is -1.50. The molecule has 1 aromatic heterocycles. The number of carbonyl (C=O) groups is 1. The number of hydrogen-bond acceptors (Lipinski definition) is 2. The standard InChI is InChI=1S/C13H18F3N3O/c14-13(15,16)9-19-8-2-4-11(19)12(20)18-7-5-10-3-1-6-17-10/h2,4,8,10,17H,1,3,5-7,9H2,(H,18,20)/t10-/m0/s1. The number of nitrogens with one attached hydrogen (secondary N) is 2. The number of halogens is 3. The van der Waals surface area contributed by atoms with Gasteiger partial charge in [0.2, 0.25) is 0 Å². The highest BCUT2D eigenvalue weighted by Crippen LogP contribution is 2.19. The third-order valence-corrected chi connectivity index (χ3v) is 3.35. The number of rotatable bonds is 5. The lowest BCUT2D eigenvalue weighted by molar-refractivity contribution is -0.140. The summed E-state index contributed by atoms with van der Waals surface area (Å²) < 4.78 is 38.0. The summed E-state index contributed by atoms with van der Waals surface area (Å²) in [5.41, 5.74) is 0.0432. The van der Waals surface area contributed by atoms with Crippen LogP contribution in [-0.4, -0.2) is 35.8 Å². The second kappa shape index (κ2) is 6.30. The average molecular weight is 289 g/mol. The first-order chi connectivity index (χ1) is 9.46. The third kappa shape index (κ3) is 4.26. The minimum atomic E-state index is -4.33. The topological polar surface area (TPSA) is 46.1 Å². The molecule has 1 atom stereocenters. The van der Waals surface area contributed by atoms with Crippen molar-refractivity contribution in [3.63, 3.8) is 0 Å². The van der Waals surface area contributed by atoms with Crippen molar-refractivity contribution in [2.45, 2.75) is 38.0 Å². The van der Waals surface area contributed by atoms with E-state index in [1.54, 1.807) is 0 Å². The molecule has 2 rings (SSSR count). The van der Waals surface area contributed by atoms with Gasteiger partial charge in [-0.2, -0.15) is 13.2 Å². The van der Waals surface area contributed by atoms with Gasteiger partial charge in [0, 0.05) is 18.8 Å². The maximum absolute atomic E-state index is 12.4. The molecule has 0 aromatic carbocycles. The van der Waals surface area contributed by atoms with Gasteiger partial charge in [0.1, 0.15) is 12.2 Å². The summed E-state index contributed by atoms with van der Waals surface area (Å²) in [4.78, 5) is 11.9. The second-order valence-electron chi connectivity index (χ2n) is 4.97. The normalized spacial score (nSPS) is 19.2. The molecular formula is C13H18F3N3O. The minimum Gasteiger partial charge on any atom is -0.351 e. The first-order valence-corrected chi connectivity index (χ1v) is 6.69. The smallest absolute Gasteiger partial charge is 0.351 e. The summed E-state index contributed by atoms with van der Waals surface area (Å²) in [6.07, 6.45) is -0.0537. The molecule has 1 aliphatic heterocycles. The van der Waals surface area contributed by atoms with Crippen LogP contribution in [0.3, 0.4) is 0 Å². The van der Waals surface area contributed by atoms with E-state index in [1.807, 2.05) is 0 Å². The summed E-state index contributed by atoms with van der Waals surface area (Å²) in [5.74, 6) is -0.461. The van der Waals surface area contributed by atoms with E-state index in [-0.39, 0.29) is 5.69 Å². The van der Waals surface area contributed by atoms with Crippen molar-refractivity contribution in [1.29, 1.82) is 0 Å². The van der Waals surface area contributed by atoms with Crippen LogP contribution in [0.1, 0.15) is 29.8 Å². The highest BCUT2D eigenvalue weighted by Gasteiger charge is 2.29. The third-order valence-electron chi connectivity index (χ3n) is 3.35. The van der Waals surface area contributed by atoms with Crippen molar-refractivity contribution in [2.24, 2.45) is 0 Å². The quantitative estimate of drug-likeness (QED) is 0.870. The van der Waals surface area contributed by atoms with Crippen molar-refractivity contribution >= 4 is 5.91 Å². The predicted octanol–water partition coefficient (Wildman–Crippen LogP) is 1.92. The van der Waals surface area contributed by atoms with Crippen LogP contribution < -0.4 is 10.6 Å². The van der Waals surface area contributed by atoms with E-state index in [0.717, 1.165) is 30.4 Å². The Labute approximate surface area is 115 Å². The molecule has 0 radical (unpaired) electrons. The Morgan fingerprint density at radius 2 is 2.30 bits per heavy atom. The Bertz CT molecular complexity index is 450. The van der Waals surface area contributed by atoms with Gasteiger partial charge in [-0.05, 0) is 37.9 Å². The van der Waals surface area contributed by atoms with E-state index in [1.165, 1.54) is 18.3 Å². The fourth-order valence-electron chi connectivity index (χ4n) is 2.40. The summed E-state index contributed by atoms with van der Waals surface area (Å²) in [5, 5.41) is 5.97. The van der Waals surface area contributed by atoms with Crippen LogP contribution in [-0.2, 0) is 6.54 Å². The molecule has 2 heterocycles. The molecule has 0 saturated carbocycles. The lowest BCUT2D eigenvalue weighted by Crippen LogP contribution is -2.32. The van der Waals surface area contributed by atoms with E-state index >= 15 is 0 Å². The van der Waals surface area contributed by atoms with Gasteiger partial charge in [-0.25, -0.2) is 0 Å². The summed E-state index contributed by atoms with van der Waals surface area (Å²) in [6, 6.07) is 3.24. The van der Waals surface area contributed by atoms with Crippen LogP contribution in [0.2, 0.25) is 0 Å². The molecular weight excluding hydrogens is 271 g/mol. The molecule has 1 saturated heterocycles. The fraction of sp³-hybridized carbons (Fsp3) is 0.615. The zero-order chi connectivity index (χ0) is 14.6. The lowest BCUT2D eigenvalue weighted by atomic mass is 10.1. The molecule has 20 heavy (non-hydrogen) atoms. The fourth-order valence-corrected chi connectivity index (χ4v) is 2.40. The molecule has 1 aliphatic rings. The number of carbonyl (C=O) groups excluding carboxylic acids is 1. The van der Waals surface area contributed by atoms with Crippen LogP contribution >= 0.6 is 0 Å². The van der Waals surface area contributed by atoms with Crippen molar-refractivity contribution in [3.8, 4) is 0 Å². The molecule has 0 aliphatic carbocycles. The first-order valence-electron chi connectivity index (χ1n) is 6.69. The van der Waals surface area contributed by atoms with Crippen LogP contribution in [0.4, 0.5) is 13.2 Å².